The van der Waals surface area contributed by atoms with E-state index in [1.54, 1.807) is 6.33 Å². The molecule has 0 aromatic carbocycles. The van der Waals surface area contributed by atoms with Gasteiger partial charge in [0.2, 0.25) is 0 Å². The molecule has 1 aromatic heterocycles. The first kappa shape index (κ1) is 7.79. The molecule has 1 heterocycles. The van der Waals surface area contributed by atoms with Gasteiger partial charge in [-0.3, -0.25) is 0 Å². The molecule has 1 aromatic rings. The maximum atomic E-state index is 4.11. The highest BCUT2D eigenvalue weighted by atomic mass is 14.8. The second kappa shape index (κ2) is 3.76. The van der Waals surface area contributed by atoms with Gasteiger partial charge in [-0.15, -0.1) is 6.58 Å². The zero-order valence-electron chi connectivity index (χ0n) is 6.67. The van der Waals surface area contributed by atoms with E-state index in [1.165, 1.54) is 0 Å². The maximum absolute atomic E-state index is 4.11. The Balaban J connectivity index is 3.12. The molecule has 0 aliphatic rings. The van der Waals surface area contributed by atoms with Gasteiger partial charge >= 0.3 is 0 Å². The minimum atomic E-state index is 0.878. The first-order chi connectivity index (χ1) is 5.38. The van der Waals surface area contributed by atoms with Crippen molar-refractivity contribution in [3.63, 3.8) is 0 Å². The average molecular weight is 148 g/mol. The van der Waals surface area contributed by atoms with E-state index in [4.69, 9.17) is 0 Å². The number of H-pyrrole nitrogens is 1. The molecule has 0 fully saturated rings. The molecule has 2 nitrogen and oxygen atoms in total. The molecule has 1 N–H and O–H groups in total. The lowest BCUT2D eigenvalue weighted by atomic mass is 10.3. The van der Waals surface area contributed by atoms with Crippen LogP contribution in [0.3, 0.4) is 0 Å². The third kappa shape index (κ3) is 1.80. The molecule has 0 aliphatic carbocycles. The Bertz CT molecular complexity index is 333. The quantitative estimate of drug-likeness (QED) is 0.610. The van der Waals surface area contributed by atoms with Crippen LogP contribution in [0, 0.1) is 0 Å². The zero-order valence-corrected chi connectivity index (χ0v) is 6.67. The van der Waals surface area contributed by atoms with Gasteiger partial charge in [0, 0.05) is 0 Å². The van der Waals surface area contributed by atoms with E-state index in [0.29, 0.717) is 0 Å². The summed E-state index contributed by atoms with van der Waals surface area (Å²) in [5.74, 6) is 0. The van der Waals surface area contributed by atoms with Crippen LogP contribution in [-0.4, -0.2) is 9.97 Å². The third-order valence-corrected chi connectivity index (χ3v) is 1.46. The lowest BCUT2D eigenvalue weighted by Gasteiger charge is -1.77. The zero-order chi connectivity index (χ0) is 8.10. The number of allylic oxidation sites excluding steroid dienone is 1. The van der Waals surface area contributed by atoms with Crippen LogP contribution in [-0.2, 0) is 0 Å². The largest absolute Gasteiger partial charge is 0.345 e. The predicted molar refractivity (Wildman–Crippen MR) is 47.3 cm³/mol. The fraction of sp³-hybridized carbons (Fsp3) is 0.222. The number of hydrogen-bond acceptors (Lipinski definition) is 1. The topological polar surface area (TPSA) is 28.7 Å². The smallest absolute Gasteiger partial charge is 0.0931 e. The van der Waals surface area contributed by atoms with Gasteiger partial charge in [0.05, 0.1) is 17.0 Å². The summed E-state index contributed by atoms with van der Waals surface area (Å²) in [4.78, 5) is 7.16. The molecule has 58 valence electrons. The molecule has 0 saturated carbocycles. The monoisotopic (exact) mass is 148 g/mol. The van der Waals surface area contributed by atoms with Crippen molar-refractivity contribution in [3.05, 3.63) is 29.7 Å². The van der Waals surface area contributed by atoms with E-state index < -0.39 is 0 Å². The van der Waals surface area contributed by atoms with Crippen LogP contribution in [0.4, 0.5) is 0 Å². The van der Waals surface area contributed by atoms with Gasteiger partial charge in [0.1, 0.15) is 0 Å². The standard InChI is InChI=1S/C9H12N2/c1-3-5-6-9-8(4-2)10-7-11-9/h3-4,6-7H,1,5H2,2H3,(H,10,11)/b8-4+,9-6+. The number of hydrogen-bond donors (Lipinski definition) is 1. The molecular weight excluding hydrogens is 136 g/mol. The minimum Gasteiger partial charge on any atom is -0.345 e. The van der Waals surface area contributed by atoms with Crippen molar-refractivity contribution < 1.29 is 0 Å². The Morgan fingerprint density at radius 1 is 1.73 bits per heavy atom. The van der Waals surface area contributed by atoms with Gasteiger partial charge in [-0.2, -0.15) is 0 Å². The average Bonchev–Trinajstić information content (AvgIpc) is 2.47. The molecule has 0 spiro atoms. The Hall–Kier alpha value is -1.31. The van der Waals surface area contributed by atoms with E-state index in [0.717, 1.165) is 17.1 Å². The molecule has 11 heavy (non-hydrogen) atoms. The fourth-order valence-electron chi connectivity index (χ4n) is 0.910. The van der Waals surface area contributed by atoms with E-state index in [9.17, 15) is 0 Å². The van der Waals surface area contributed by atoms with Crippen LogP contribution in [0.2, 0.25) is 0 Å². The van der Waals surface area contributed by atoms with Crippen molar-refractivity contribution in [2.45, 2.75) is 13.3 Å². The van der Waals surface area contributed by atoms with Gasteiger partial charge in [-0.05, 0) is 13.3 Å². The molecule has 1 rings (SSSR count). The number of nitrogens with zero attached hydrogens (tertiary/aromatic N) is 1. The molecular formula is C9H12N2. The second-order valence-electron chi connectivity index (χ2n) is 2.22. The number of aromatic amines is 1. The number of imidazole rings is 1. The van der Waals surface area contributed by atoms with Crippen LogP contribution in [0.1, 0.15) is 13.3 Å². The highest BCUT2D eigenvalue weighted by molar-refractivity contribution is 5.25. The van der Waals surface area contributed by atoms with Crippen molar-refractivity contribution in [1.82, 2.24) is 9.97 Å². The summed E-state index contributed by atoms with van der Waals surface area (Å²) in [6.45, 7) is 5.61. The van der Waals surface area contributed by atoms with Crippen molar-refractivity contribution in [2.75, 3.05) is 0 Å². The van der Waals surface area contributed by atoms with E-state index in [-0.39, 0.29) is 0 Å². The molecule has 0 atom stereocenters. The Morgan fingerprint density at radius 2 is 2.55 bits per heavy atom. The summed E-state index contributed by atoms with van der Waals surface area (Å²) in [5, 5.41) is 2.08. The van der Waals surface area contributed by atoms with Crippen molar-refractivity contribution >= 4 is 12.2 Å². The van der Waals surface area contributed by atoms with Gasteiger partial charge in [0.25, 0.3) is 0 Å². The van der Waals surface area contributed by atoms with Gasteiger partial charge < -0.3 is 4.98 Å². The predicted octanol–water partition coefficient (Wildman–Crippen LogP) is 0.567. The summed E-state index contributed by atoms with van der Waals surface area (Å²) >= 11 is 0. The summed E-state index contributed by atoms with van der Waals surface area (Å²) < 4.78 is 0. The fourth-order valence-corrected chi connectivity index (χ4v) is 0.910. The van der Waals surface area contributed by atoms with Gasteiger partial charge in [0.15, 0.2) is 0 Å². The summed E-state index contributed by atoms with van der Waals surface area (Å²) in [5.41, 5.74) is 0. The van der Waals surface area contributed by atoms with Gasteiger partial charge in [-0.25, -0.2) is 4.98 Å². The Morgan fingerprint density at radius 3 is 3.18 bits per heavy atom. The van der Waals surface area contributed by atoms with Crippen molar-refractivity contribution in [3.8, 4) is 0 Å². The molecule has 0 amide bonds. The number of rotatable bonds is 2. The molecule has 0 unspecified atom stereocenters. The summed E-state index contributed by atoms with van der Waals surface area (Å²) in [7, 11) is 0. The highest BCUT2D eigenvalue weighted by Crippen LogP contribution is 1.76. The molecule has 2 heteroatoms. The van der Waals surface area contributed by atoms with E-state index in [1.807, 2.05) is 19.1 Å². The van der Waals surface area contributed by atoms with Crippen LogP contribution in [0.5, 0.6) is 0 Å². The second-order valence-corrected chi connectivity index (χ2v) is 2.22. The van der Waals surface area contributed by atoms with Crippen molar-refractivity contribution in [1.29, 1.82) is 0 Å². The first-order valence-electron chi connectivity index (χ1n) is 3.65. The number of nitrogens with one attached hydrogen (secondary N) is 1. The Labute approximate surface area is 66.0 Å². The molecule has 0 radical (unpaired) electrons. The first-order valence-corrected chi connectivity index (χ1v) is 3.65. The van der Waals surface area contributed by atoms with Crippen LogP contribution in [0.25, 0.3) is 12.2 Å². The lowest BCUT2D eigenvalue weighted by Crippen LogP contribution is -2.23. The summed E-state index contributed by atoms with van der Waals surface area (Å²) in [6, 6.07) is 0. The maximum Gasteiger partial charge on any atom is 0.0931 e. The van der Waals surface area contributed by atoms with E-state index >= 15 is 0 Å². The minimum absolute atomic E-state index is 0.878. The third-order valence-electron chi connectivity index (χ3n) is 1.46. The normalized spacial score (nSPS) is 13.9. The molecule has 0 aliphatic heterocycles. The van der Waals surface area contributed by atoms with Crippen LogP contribution in [0.15, 0.2) is 19.0 Å². The van der Waals surface area contributed by atoms with Gasteiger partial charge in [-0.1, -0.05) is 18.2 Å². The molecule has 0 bridgehead atoms. The Kier molecular flexibility index (Phi) is 2.66. The SMILES string of the molecule is C=CC/C=c1/[nH]cn/c1=C/C. The highest BCUT2D eigenvalue weighted by Gasteiger charge is 1.82. The van der Waals surface area contributed by atoms with E-state index in [2.05, 4.69) is 22.6 Å². The molecule has 0 saturated heterocycles. The van der Waals surface area contributed by atoms with Crippen LogP contribution < -0.4 is 10.7 Å². The van der Waals surface area contributed by atoms with Crippen molar-refractivity contribution in [2.24, 2.45) is 0 Å². The number of aromatic nitrogens is 2. The van der Waals surface area contributed by atoms with Crippen LogP contribution >= 0.6 is 0 Å². The summed E-state index contributed by atoms with van der Waals surface area (Å²) in [6.07, 6.45) is 8.48. The lowest BCUT2D eigenvalue weighted by molar-refractivity contribution is 1.28.